The van der Waals surface area contributed by atoms with Crippen LogP contribution in [-0.2, 0) is 0 Å². The van der Waals surface area contributed by atoms with Crippen LogP contribution in [0.15, 0.2) is 53.7 Å². The quantitative estimate of drug-likeness (QED) is 0.376. The second-order valence-corrected chi connectivity index (χ2v) is 6.65. The summed E-state index contributed by atoms with van der Waals surface area (Å²) in [5, 5.41) is 1.29. The number of benzene rings is 1. The smallest absolute Gasteiger partial charge is 0.265 e. The Balaban J connectivity index is 0.00000220. The number of nitrogens with zero attached hydrogens (tertiary/aromatic N) is 1. The van der Waals surface area contributed by atoms with Crippen molar-refractivity contribution in [2.24, 2.45) is 5.84 Å². The molecule has 4 nitrogen and oxygen atoms in total. The molecule has 1 amide bonds. The summed E-state index contributed by atoms with van der Waals surface area (Å²) in [5.41, 5.74) is 3.84. The zero-order chi connectivity index (χ0) is 14.4. The molecule has 0 spiro atoms. The Hall–Kier alpha value is -1.21. The fraction of sp³-hybridized carbons (Fsp3) is 0.143. The number of hydrogen-bond donors (Lipinski definition) is 2. The Bertz CT molecular complexity index is 566. The SMILES string of the molecule is CC(SSc1ccccn1)c1ccc(C(=O)NN)cc1.Cl. The van der Waals surface area contributed by atoms with Gasteiger partial charge in [-0.3, -0.25) is 10.2 Å². The third-order valence-corrected chi connectivity index (χ3v) is 5.43. The highest BCUT2D eigenvalue weighted by molar-refractivity contribution is 8.76. The van der Waals surface area contributed by atoms with Gasteiger partial charge in [0.15, 0.2) is 0 Å². The molecule has 0 aliphatic carbocycles. The second-order valence-electron chi connectivity index (χ2n) is 4.09. The molecule has 1 atom stereocenters. The molecule has 0 aliphatic rings. The summed E-state index contributed by atoms with van der Waals surface area (Å²) < 4.78 is 0. The lowest BCUT2D eigenvalue weighted by atomic mass is 10.1. The molecule has 0 radical (unpaired) electrons. The molecule has 1 aromatic carbocycles. The molecule has 1 unspecified atom stereocenters. The highest BCUT2D eigenvalue weighted by Crippen LogP contribution is 2.41. The number of pyridine rings is 1. The van der Waals surface area contributed by atoms with Crippen molar-refractivity contribution in [3.63, 3.8) is 0 Å². The van der Waals surface area contributed by atoms with Crippen LogP contribution in [0.1, 0.15) is 28.1 Å². The first kappa shape index (κ1) is 17.8. The zero-order valence-electron chi connectivity index (χ0n) is 11.4. The van der Waals surface area contributed by atoms with E-state index < -0.39 is 0 Å². The van der Waals surface area contributed by atoms with Crippen molar-refractivity contribution < 1.29 is 4.79 Å². The van der Waals surface area contributed by atoms with Crippen molar-refractivity contribution in [1.29, 1.82) is 0 Å². The molecule has 1 heterocycles. The average Bonchev–Trinajstić information content (AvgIpc) is 2.53. The van der Waals surface area contributed by atoms with E-state index in [4.69, 9.17) is 5.84 Å². The van der Waals surface area contributed by atoms with Gasteiger partial charge in [-0.2, -0.15) is 0 Å². The number of carbonyl (C=O) groups excluding carboxylic acids is 1. The highest BCUT2D eigenvalue weighted by Gasteiger charge is 2.09. The minimum Gasteiger partial charge on any atom is -0.290 e. The van der Waals surface area contributed by atoms with Gasteiger partial charge in [0.2, 0.25) is 0 Å². The molecule has 0 saturated carbocycles. The molecule has 0 aliphatic heterocycles. The lowest BCUT2D eigenvalue weighted by Gasteiger charge is -2.11. The predicted molar refractivity (Wildman–Crippen MR) is 91.4 cm³/mol. The zero-order valence-corrected chi connectivity index (χ0v) is 13.8. The third kappa shape index (κ3) is 5.24. The topological polar surface area (TPSA) is 68.0 Å². The molecule has 112 valence electrons. The summed E-state index contributed by atoms with van der Waals surface area (Å²) in [7, 11) is 3.38. The van der Waals surface area contributed by atoms with Gasteiger partial charge in [-0.15, -0.1) is 12.4 Å². The van der Waals surface area contributed by atoms with Gasteiger partial charge in [-0.05, 0) is 47.5 Å². The van der Waals surface area contributed by atoms with Crippen LogP contribution in [-0.4, -0.2) is 10.9 Å². The lowest BCUT2D eigenvalue weighted by Crippen LogP contribution is -2.29. The summed E-state index contributed by atoms with van der Waals surface area (Å²) in [6.45, 7) is 2.12. The van der Waals surface area contributed by atoms with E-state index >= 15 is 0 Å². The molecule has 1 aromatic heterocycles. The van der Waals surface area contributed by atoms with Gasteiger partial charge in [0.1, 0.15) is 5.03 Å². The van der Waals surface area contributed by atoms with Gasteiger partial charge in [0.05, 0.1) is 0 Å². The van der Waals surface area contributed by atoms with Crippen LogP contribution in [0.25, 0.3) is 0 Å². The minimum atomic E-state index is -0.278. The van der Waals surface area contributed by atoms with Crippen molar-refractivity contribution in [2.45, 2.75) is 17.2 Å². The second kappa shape index (κ2) is 8.94. The summed E-state index contributed by atoms with van der Waals surface area (Å²) in [4.78, 5) is 15.6. The summed E-state index contributed by atoms with van der Waals surface area (Å²) in [6, 6.07) is 13.3. The van der Waals surface area contributed by atoms with Crippen molar-refractivity contribution in [3.05, 3.63) is 59.8 Å². The summed E-state index contributed by atoms with van der Waals surface area (Å²) in [5.74, 6) is 4.82. The molecule has 2 aromatic rings. The van der Waals surface area contributed by atoms with Crippen LogP contribution in [0, 0.1) is 0 Å². The molecule has 0 fully saturated rings. The van der Waals surface area contributed by atoms with E-state index in [0.717, 1.165) is 10.6 Å². The summed E-state index contributed by atoms with van der Waals surface area (Å²) >= 11 is 0. The van der Waals surface area contributed by atoms with Gasteiger partial charge in [0.25, 0.3) is 5.91 Å². The third-order valence-electron chi connectivity index (χ3n) is 2.69. The van der Waals surface area contributed by atoms with Crippen LogP contribution in [0.4, 0.5) is 0 Å². The van der Waals surface area contributed by atoms with Gasteiger partial charge >= 0.3 is 0 Å². The van der Waals surface area contributed by atoms with E-state index in [-0.39, 0.29) is 18.3 Å². The number of nitrogens with two attached hydrogens (primary N) is 1. The highest BCUT2D eigenvalue weighted by atomic mass is 35.5. The number of amides is 1. The number of nitrogens with one attached hydrogen (secondary N) is 1. The van der Waals surface area contributed by atoms with Crippen LogP contribution >= 0.6 is 34.0 Å². The Morgan fingerprint density at radius 3 is 2.52 bits per heavy atom. The first-order valence-corrected chi connectivity index (χ1v) is 8.27. The largest absolute Gasteiger partial charge is 0.290 e. The number of carbonyl (C=O) groups is 1. The number of nitrogen functional groups attached to an aromatic ring is 1. The summed E-state index contributed by atoms with van der Waals surface area (Å²) in [6.07, 6.45) is 1.79. The van der Waals surface area contributed by atoms with Crippen LogP contribution in [0.5, 0.6) is 0 Å². The molecule has 0 saturated heterocycles. The maximum absolute atomic E-state index is 11.4. The van der Waals surface area contributed by atoms with E-state index in [1.807, 2.05) is 30.3 Å². The standard InChI is InChI=1S/C14H15N3OS2.ClH/c1-10(19-20-13-4-2-3-9-16-13)11-5-7-12(8-6-11)14(18)17-15;/h2-10H,15H2,1H3,(H,17,18);1H. The Labute approximate surface area is 138 Å². The average molecular weight is 342 g/mol. The molecular weight excluding hydrogens is 326 g/mol. The Kier molecular flexibility index (Phi) is 7.60. The van der Waals surface area contributed by atoms with E-state index in [0.29, 0.717) is 10.8 Å². The lowest BCUT2D eigenvalue weighted by molar-refractivity contribution is 0.0953. The Morgan fingerprint density at radius 1 is 1.24 bits per heavy atom. The molecule has 7 heteroatoms. The van der Waals surface area contributed by atoms with Crippen molar-refractivity contribution in [2.75, 3.05) is 0 Å². The van der Waals surface area contributed by atoms with Crippen LogP contribution in [0.3, 0.4) is 0 Å². The van der Waals surface area contributed by atoms with Gasteiger partial charge in [-0.25, -0.2) is 10.8 Å². The molecule has 3 N–H and O–H groups in total. The molecule has 0 bridgehead atoms. The number of aromatic nitrogens is 1. The molecule has 21 heavy (non-hydrogen) atoms. The van der Waals surface area contributed by atoms with Crippen molar-refractivity contribution >= 4 is 39.9 Å². The predicted octanol–water partition coefficient (Wildman–Crippen LogP) is 3.61. The maximum Gasteiger partial charge on any atom is 0.265 e. The first-order valence-electron chi connectivity index (χ1n) is 6.06. The van der Waals surface area contributed by atoms with E-state index in [2.05, 4.69) is 17.3 Å². The molecule has 2 rings (SSSR count). The number of hydrogen-bond acceptors (Lipinski definition) is 5. The van der Waals surface area contributed by atoms with Crippen molar-refractivity contribution in [3.8, 4) is 0 Å². The van der Waals surface area contributed by atoms with Crippen LogP contribution < -0.4 is 11.3 Å². The fourth-order valence-electron chi connectivity index (χ4n) is 1.56. The van der Waals surface area contributed by atoms with E-state index in [1.54, 1.807) is 39.9 Å². The number of rotatable bonds is 5. The minimum absolute atomic E-state index is 0. The van der Waals surface area contributed by atoms with Gasteiger partial charge in [-0.1, -0.05) is 29.0 Å². The van der Waals surface area contributed by atoms with Gasteiger partial charge in [0, 0.05) is 17.0 Å². The monoisotopic (exact) mass is 341 g/mol. The normalized spacial score (nSPS) is 11.3. The maximum atomic E-state index is 11.4. The van der Waals surface area contributed by atoms with Crippen molar-refractivity contribution in [1.82, 2.24) is 10.4 Å². The Morgan fingerprint density at radius 2 is 1.95 bits per heavy atom. The fourth-order valence-corrected chi connectivity index (χ4v) is 3.67. The van der Waals surface area contributed by atoms with Gasteiger partial charge < -0.3 is 0 Å². The van der Waals surface area contributed by atoms with E-state index in [9.17, 15) is 4.79 Å². The first-order chi connectivity index (χ1) is 9.70. The molecular formula is C14H16ClN3OS2. The number of hydrazine groups is 1. The van der Waals surface area contributed by atoms with Crippen LogP contribution in [0.2, 0.25) is 0 Å². The number of halogens is 1. The van der Waals surface area contributed by atoms with E-state index in [1.165, 1.54) is 0 Å².